The summed E-state index contributed by atoms with van der Waals surface area (Å²) in [5.41, 5.74) is 12.0. The molecule has 190 valence electrons. The van der Waals surface area contributed by atoms with Crippen molar-refractivity contribution in [2.24, 2.45) is 11.1 Å². The molecule has 1 aliphatic heterocycles. The Morgan fingerprint density at radius 2 is 2.12 bits per heavy atom. The molecule has 2 aromatic rings. The van der Waals surface area contributed by atoms with Gasteiger partial charge in [-0.3, -0.25) is 13.9 Å². The average molecular weight is 501 g/mol. The molecule has 0 spiro atoms. The smallest absolute Gasteiger partial charge is 0.323 e. The van der Waals surface area contributed by atoms with Gasteiger partial charge in [0, 0.05) is 18.3 Å². The van der Waals surface area contributed by atoms with Crippen LogP contribution in [0, 0.1) is 5.41 Å². The van der Waals surface area contributed by atoms with Crippen molar-refractivity contribution in [3.8, 4) is 0 Å². The Kier molecular flexibility index (Phi) is 7.99. The first kappa shape index (κ1) is 26.5. The van der Waals surface area contributed by atoms with Gasteiger partial charge < -0.3 is 25.5 Å². The Labute approximate surface area is 198 Å². The first-order valence-corrected chi connectivity index (χ1v) is 13.2. The quantitative estimate of drug-likeness (QED) is 0.327. The second kappa shape index (κ2) is 10.2. The molecule has 0 aromatic carbocycles. The summed E-state index contributed by atoms with van der Waals surface area (Å²) in [4.78, 5) is 20.6. The van der Waals surface area contributed by atoms with Crippen molar-refractivity contribution in [2.45, 2.75) is 64.8 Å². The van der Waals surface area contributed by atoms with Gasteiger partial charge in [0.15, 0.2) is 18.0 Å². The number of pyridine rings is 1. The Morgan fingerprint density at radius 1 is 1.41 bits per heavy atom. The summed E-state index contributed by atoms with van der Waals surface area (Å²) in [6.45, 7) is 8.09. The SMILES string of the molecule is CC(C)OC(=O)[C@H](C)NP(C)(=O)OC[C@H]1O[C@@H](n2cnc3c(N)ccnc32)C(F)[C@@]1(C)CCN. The monoisotopic (exact) mass is 500 g/mol. The Hall–Kier alpha value is -2.11. The van der Waals surface area contributed by atoms with Crippen molar-refractivity contribution in [3.05, 3.63) is 18.6 Å². The molecule has 2 unspecified atom stereocenters. The molecule has 1 saturated heterocycles. The minimum absolute atomic E-state index is 0.178. The lowest BCUT2D eigenvalue weighted by Gasteiger charge is -2.31. The number of esters is 1. The Balaban J connectivity index is 1.77. The van der Waals surface area contributed by atoms with Crippen LogP contribution < -0.4 is 16.6 Å². The third-order valence-corrected chi connectivity index (χ3v) is 7.47. The Bertz CT molecular complexity index is 1070. The van der Waals surface area contributed by atoms with Crippen molar-refractivity contribution < 1.29 is 27.7 Å². The van der Waals surface area contributed by atoms with E-state index in [4.69, 9.17) is 25.5 Å². The van der Waals surface area contributed by atoms with Crippen LogP contribution in [0.5, 0.6) is 0 Å². The molecule has 0 aliphatic carbocycles. The van der Waals surface area contributed by atoms with Crippen molar-refractivity contribution in [1.29, 1.82) is 0 Å². The predicted molar refractivity (Wildman–Crippen MR) is 126 cm³/mol. The van der Waals surface area contributed by atoms with Crippen LogP contribution in [0.4, 0.5) is 10.1 Å². The molecular formula is C21H34FN6O5P. The van der Waals surface area contributed by atoms with Crippen LogP contribution in [0.15, 0.2) is 18.6 Å². The van der Waals surface area contributed by atoms with E-state index in [1.807, 2.05) is 0 Å². The molecule has 0 amide bonds. The summed E-state index contributed by atoms with van der Waals surface area (Å²) in [7, 11) is -3.45. The molecule has 5 N–H and O–H groups in total. The molecule has 2 aromatic heterocycles. The number of rotatable bonds is 10. The first-order valence-electron chi connectivity index (χ1n) is 11.2. The van der Waals surface area contributed by atoms with Gasteiger partial charge in [0.25, 0.3) is 7.52 Å². The average Bonchev–Trinajstić information content (AvgIpc) is 3.27. The second-order valence-corrected chi connectivity index (χ2v) is 11.4. The van der Waals surface area contributed by atoms with Gasteiger partial charge in [-0.2, -0.15) is 0 Å². The van der Waals surface area contributed by atoms with E-state index in [-0.39, 0.29) is 19.3 Å². The normalized spacial score (nSPS) is 27.7. The molecule has 34 heavy (non-hydrogen) atoms. The van der Waals surface area contributed by atoms with Crippen LogP contribution in [0.2, 0.25) is 0 Å². The molecule has 0 saturated carbocycles. The zero-order chi connectivity index (χ0) is 25.3. The van der Waals surface area contributed by atoms with Gasteiger partial charge in [0.2, 0.25) is 0 Å². The van der Waals surface area contributed by atoms with Crippen LogP contribution in [-0.2, 0) is 23.4 Å². The number of nitrogens with zero attached hydrogens (tertiary/aromatic N) is 3. The standard InChI is InChI=1S/C21H34FN6O5P/c1-12(2)32-20(29)13(3)27-34(5,30)31-10-15-21(4,7-8-23)17(22)19(33-15)28-11-26-16-14(24)6-9-25-18(16)28/h6,9,11-13,15,17,19H,7-8,10,23H2,1-5H3,(H2,24,25)(H,27,30)/t13-,15+,17?,19+,21-,34?/m0/s1. The highest BCUT2D eigenvalue weighted by Gasteiger charge is 2.55. The summed E-state index contributed by atoms with van der Waals surface area (Å²) in [6, 6.07) is 0.759. The van der Waals surface area contributed by atoms with E-state index in [1.165, 1.54) is 30.7 Å². The number of ether oxygens (including phenoxy) is 2. The lowest BCUT2D eigenvalue weighted by atomic mass is 9.78. The molecular weight excluding hydrogens is 466 g/mol. The molecule has 6 atom stereocenters. The van der Waals surface area contributed by atoms with Crippen LogP contribution in [-0.4, -0.2) is 64.7 Å². The number of nitrogen functional groups attached to an aromatic ring is 1. The molecule has 1 fully saturated rings. The fourth-order valence-corrected chi connectivity index (χ4v) is 5.37. The summed E-state index contributed by atoms with van der Waals surface area (Å²) in [5.74, 6) is -0.548. The number of hydrogen-bond donors (Lipinski definition) is 3. The molecule has 3 rings (SSSR count). The zero-order valence-electron chi connectivity index (χ0n) is 20.1. The summed E-state index contributed by atoms with van der Waals surface area (Å²) in [6.07, 6.45) is -0.348. The molecule has 11 nitrogen and oxygen atoms in total. The van der Waals surface area contributed by atoms with Crippen LogP contribution >= 0.6 is 7.52 Å². The van der Waals surface area contributed by atoms with Crippen molar-refractivity contribution in [3.63, 3.8) is 0 Å². The van der Waals surface area contributed by atoms with Gasteiger partial charge >= 0.3 is 5.97 Å². The van der Waals surface area contributed by atoms with E-state index >= 15 is 4.39 Å². The second-order valence-electron chi connectivity index (χ2n) is 9.16. The zero-order valence-corrected chi connectivity index (χ0v) is 21.0. The molecule has 0 radical (unpaired) electrons. The van der Waals surface area contributed by atoms with E-state index in [9.17, 15) is 9.36 Å². The summed E-state index contributed by atoms with van der Waals surface area (Å²) in [5, 5.41) is 2.67. The maximum absolute atomic E-state index is 15.8. The van der Waals surface area contributed by atoms with E-state index in [0.717, 1.165) is 0 Å². The number of anilines is 1. The highest BCUT2D eigenvalue weighted by Crippen LogP contribution is 2.50. The topological polar surface area (TPSA) is 157 Å². The first-order chi connectivity index (χ1) is 15.9. The summed E-state index contributed by atoms with van der Waals surface area (Å²) >= 11 is 0. The van der Waals surface area contributed by atoms with Crippen molar-refractivity contribution >= 4 is 30.3 Å². The third kappa shape index (κ3) is 5.41. The molecule has 1 aliphatic rings. The number of carbonyl (C=O) groups excluding carboxylic acids is 1. The fourth-order valence-electron chi connectivity index (χ4n) is 4.07. The molecule has 13 heteroatoms. The summed E-state index contributed by atoms with van der Waals surface area (Å²) < 4.78 is 47.2. The van der Waals surface area contributed by atoms with Gasteiger partial charge in [-0.15, -0.1) is 0 Å². The number of nitrogens with two attached hydrogens (primary N) is 2. The minimum atomic E-state index is -3.45. The van der Waals surface area contributed by atoms with E-state index < -0.39 is 43.4 Å². The maximum Gasteiger partial charge on any atom is 0.323 e. The lowest BCUT2D eigenvalue weighted by Crippen LogP contribution is -2.40. The number of fused-ring (bicyclic) bond motifs is 1. The number of alkyl halides is 1. The third-order valence-electron chi connectivity index (χ3n) is 5.97. The predicted octanol–water partition coefficient (Wildman–Crippen LogP) is 2.37. The van der Waals surface area contributed by atoms with Gasteiger partial charge in [-0.05, 0) is 39.8 Å². The lowest BCUT2D eigenvalue weighted by molar-refractivity contribution is -0.149. The van der Waals surface area contributed by atoms with E-state index in [2.05, 4.69) is 15.1 Å². The number of carbonyl (C=O) groups is 1. The minimum Gasteiger partial charge on any atom is -0.462 e. The number of nitrogens with one attached hydrogen (secondary N) is 1. The number of imidazole rings is 1. The molecule has 3 heterocycles. The van der Waals surface area contributed by atoms with Gasteiger partial charge in [-0.1, -0.05) is 6.92 Å². The number of aromatic nitrogens is 3. The van der Waals surface area contributed by atoms with Gasteiger partial charge in [-0.25, -0.2) is 19.4 Å². The fraction of sp³-hybridized carbons (Fsp3) is 0.667. The van der Waals surface area contributed by atoms with Crippen molar-refractivity contribution in [1.82, 2.24) is 19.6 Å². The largest absolute Gasteiger partial charge is 0.462 e. The Morgan fingerprint density at radius 3 is 2.76 bits per heavy atom. The van der Waals surface area contributed by atoms with Gasteiger partial charge in [0.05, 0.1) is 30.8 Å². The number of hydrogen-bond acceptors (Lipinski definition) is 9. The van der Waals surface area contributed by atoms with Crippen LogP contribution in [0.1, 0.15) is 40.3 Å². The molecule has 0 bridgehead atoms. The van der Waals surface area contributed by atoms with E-state index in [1.54, 1.807) is 26.8 Å². The van der Waals surface area contributed by atoms with Crippen LogP contribution in [0.3, 0.4) is 0 Å². The highest BCUT2D eigenvalue weighted by atomic mass is 31.2. The number of halogens is 1. The van der Waals surface area contributed by atoms with Crippen LogP contribution in [0.25, 0.3) is 11.2 Å². The van der Waals surface area contributed by atoms with Gasteiger partial charge in [0.1, 0.15) is 11.6 Å². The van der Waals surface area contributed by atoms with Crippen molar-refractivity contribution in [2.75, 3.05) is 25.6 Å². The maximum atomic E-state index is 15.8. The highest BCUT2D eigenvalue weighted by molar-refractivity contribution is 7.56. The van der Waals surface area contributed by atoms with E-state index in [0.29, 0.717) is 23.3 Å².